The third-order valence-electron chi connectivity index (χ3n) is 4.29. The van der Waals surface area contributed by atoms with Crippen LogP contribution in [0.4, 0.5) is 0 Å². The molecule has 2 saturated heterocycles. The molecule has 1 spiro atoms. The zero-order chi connectivity index (χ0) is 14.0. The molecule has 1 aromatic rings. The van der Waals surface area contributed by atoms with Gasteiger partial charge in [-0.05, 0) is 25.5 Å². The van der Waals surface area contributed by atoms with Crippen molar-refractivity contribution in [2.24, 2.45) is 5.73 Å². The molecule has 3 rings (SSSR count). The van der Waals surface area contributed by atoms with Crippen molar-refractivity contribution in [3.05, 3.63) is 35.9 Å². The molecule has 2 unspecified atom stereocenters. The molecule has 4 nitrogen and oxygen atoms in total. The minimum absolute atomic E-state index is 0.0777. The largest absolute Gasteiger partial charge is 0.346 e. The Labute approximate surface area is 120 Å². The highest BCUT2D eigenvalue weighted by Gasteiger charge is 2.43. The maximum Gasteiger partial charge on any atom is 0.181 e. The summed E-state index contributed by atoms with van der Waals surface area (Å²) >= 11 is 0. The van der Waals surface area contributed by atoms with Crippen LogP contribution in [0, 0.1) is 0 Å². The van der Waals surface area contributed by atoms with Crippen molar-refractivity contribution in [3.8, 4) is 0 Å². The van der Waals surface area contributed by atoms with Crippen LogP contribution in [0.2, 0.25) is 0 Å². The molecule has 0 aromatic heterocycles. The molecular weight excluding hydrogens is 252 g/mol. The van der Waals surface area contributed by atoms with E-state index in [1.807, 2.05) is 6.07 Å². The molecule has 0 amide bonds. The van der Waals surface area contributed by atoms with Crippen LogP contribution >= 0.6 is 0 Å². The summed E-state index contributed by atoms with van der Waals surface area (Å²) in [5, 5.41) is 0. The highest BCUT2D eigenvalue weighted by Crippen LogP contribution is 2.35. The molecule has 0 aliphatic carbocycles. The number of piperidine rings is 1. The Hall–Kier alpha value is -0.940. The molecule has 20 heavy (non-hydrogen) atoms. The predicted octanol–water partition coefficient (Wildman–Crippen LogP) is 1.91. The van der Waals surface area contributed by atoms with E-state index in [0.29, 0.717) is 13.2 Å². The Balaban J connectivity index is 1.81. The van der Waals surface area contributed by atoms with Crippen LogP contribution in [0.5, 0.6) is 0 Å². The summed E-state index contributed by atoms with van der Waals surface area (Å²) in [7, 11) is 0. The van der Waals surface area contributed by atoms with Crippen molar-refractivity contribution in [3.63, 3.8) is 0 Å². The lowest BCUT2D eigenvalue weighted by Crippen LogP contribution is -2.52. The summed E-state index contributed by atoms with van der Waals surface area (Å²) in [5.74, 6) is -0.389. The van der Waals surface area contributed by atoms with Crippen LogP contribution in [-0.4, -0.2) is 43.0 Å². The monoisotopic (exact) mass is 276 g/mol. The van der Waals surface area contributed by atoms with E-state index in [4.69, 9.17) is 15.2 Å². The van der Waals surface area contributed by atoms with Crippen molar-refractivity contribution >= 4 is 0 Å². The van der Waals surface area contributed by atoms with Crippen LogP contribution in [0.25, 0.3) is 0 Å². The van der Waals surface area contributed by atoms with Gasteiger partial charge in [-0.3, -0.25) is 4.90 Å². The molecule has 0 radical (unpaired) electrons. The van der Waals surface area contributed by atoms with Crippen LogP contribution in [0.1, 0.15) is 31.4 Å². The second-order valence-corrected chi connectivity index (χ2v) is 5.90. The van der Waals surface area contributed by atoms with Crippen molar-refractivity contribution < 1.29 is 9.47 Å². The molecule has 2 N–H and O–H groups in total. The van der Waals surface area contributed by atoms with Gasteiger partial charge in [0.05, 0.1) is 19.8 Å². The first kappa shape index (κ1) is 14.0. The number of ether oxygens (including phenoxy) is 2. The van der Waals surface area contributed by atoms with Crippen molar-refractivity contribution in [2.45, 2.75) is 37.6 Å². The Morgan fingerprint density at radius 1 is 1.20 bits per heavy atom. The predicted molar refractivity (Wildman–Crippen MR) is 78.3 cm³/mol. The second-order valence-electron chi connectivity index (χ2n) is 5.90. The SMILES string of the molecule is CC(N)C(c1ccccc1)N1CCCC2(C1)OCCO2. The summed E-state index contributed by atoms with van der Waals surface area (Å²) in [6, 6.07) is 10.8. The minimum atomic E-state index is -0.389. The molecule has 2 aliphatic heterocycles. The van der Waals surface area contributed by atoms with Gasteiger partial charge in [0.2, 0.25) is 0 Å². The third kappa shape index (κ3) is 2.74. The fraction of sp³-hybridized carbons (Fsp3) is 0.625. The molecule has 2 atom stereocenters. The molecule has 4 heteroatoms. The van der Waals surface area contributed by atoms with Gasteiger partial charge in [-0.1, -0.05) is 30.3 Å². The van der Waals surface area contributed by atoms with Gasteiger partial charge in [-0.15, -0.1) is 0 Å². The van der Waals surface area contributed by atoms with E-state index >= 15 is 0 Å². The van der Waals surface area contributed by atoms with Crippen LogP contribution in [0.3, 0.4) is 0 Å². The van der Waals surface area contributed by atoms with Gasteiger partial charge in [-0.25, -0.2) is 0 Å². The number of benzene rings is 1. The van der Waals surface area contributed by atoms with Crippen molar-refractivity contribution in [1.82, 2.24) is 4.90 Å². The summed E-state index contributed by atoms with van der Waals surface area (Å²) in [4.78, 5) is 2.43. The number of nitrogens with zero attached hydrogens (tertiary/aromatic N) is 1. The van der Waals surface area contributed by atoms with Gasteiger partial charge < -0.3 is 15.2 Å². The van der Waals surface area contributed by atoms with Gasteiger partial charge >= 0.3 is 0 Å². The van der Waals surface area contributed by atoms with Crippen LogP contribution in [0.15, 0.2) is 30.3 Å². The smallest absolute Gasteiger partial charge is 0.181 e. The summed E-state index contributed by atoms with van der Waals surface area (Å²) in [5.41, 5.74) is 7.54. The topological polar surface area (TPSA) is 47.7 Å². The van der Waals surface area contributed by atoms with E-state index in [-0.39, 0.29) is 17.9 Å². The molecular formula is C16H24N2O2. The van der Waals surface area contributed by atoms with Gasteiger partial charge in [0.1, 0.15) is 0 Å². The molecule has 0 bridgehead atoms. The second kappa shape index (κ2) is 5.82. The Morgan fingerprint density at radius 2 is 1.90 bits per heavy atom. The lowest BCUT2D eigenvalue weighted by Gasteiger charge is -2.43. The van der Waals surface area contributed by atoms with Gasteiger partial charge in [0.15, 0.2) is 5.79 Å². The average molecular weight is 276 g/mol. The lowest BCUT2D eigenvalue weighted by atomic mass is 9.95. The molecule has 2 fully saturated rings. The highest BCUT2D eigenvalue weighted by molar-refractivity contribution is 5.21. The lowest BCUT2D eigenvalue weighted by molar-refractivity contribution is -0.194. The maximum absolute atomic E-state index is 6.26. The van der Waals surface area contributed by atoms with E-state index in [2.05, 4.69) is 36.1 Å². The van der Waals surface area contributed by atoms with Gasteiger partial charge in [0, 0.05) is 18.5 Å². The number of likely N-dealkylation sites (tertiary alicyclic amines) is 1. The van der Waals surface area contributed by atoms with Crippen LogP contribution < -0.4 is 5.73 Å². The quantitative estimate of drug-likeness (QED) is 0.916. The molecule has 1 aromatic carbocycles. The minimum Gasteiger partial charge on any atom is -0.346 e. The number of nitrogens with two attached hydrogens (primary N) is 1. The first-order valence-corrected chi connectivity index (χ1v) is 7.53. The average Bonchev–Trinajstić information content (AvgIpc) is 2.88. The fourth-order valence-electron chi connectivity index (χ4n) is 3.49. The van der Waals surface area contributed by atoms with Gasteiger partial charge in [0.25, 0.3) is 0 Å². The molecule has 2 aliphatic rings. The summed E-state index contributed by atoms with van der Waals surface area (Å²) in [6.07, 6.45) is 2.08. The van der Waals surface area contributed by atoms with Crippen LogP contribution in [-0.2, 0) is 9.47 Å². The highest BCUT2D eigenvalue weighted by atomic mass is 16.7. The zero-order valence-electron chi connectivity index (χ0n) is 12.1. The molecule has 110 valence electrons. The van der Waals surface area contributed by atoms with E-state index in [9.17, 15) is 0 Å². The zero-order valence-corrected chi connectivity index (χ0v) is 12.1. The Bertz CT molecular complexity index is 429. The number of hydrogen-bond donors (Lipinski definition) is 1. The molecule has 0 saturated carbocycles. The van der Waals surface area contributed by atoms with E-state index < -0.39 is 0 Å². The summed E-state index contributed by atoms with van der Waals surface area (Å²) < 4.78 is 11.7. The standard InChI is InChI=1S/C16H24N2O2/c1-13(17)15(14-6-3-2-4-7-14)18-9-5-8-16(12-18)19-10-11-20-16/h2-4,6-7,13,15H,5,8-12,17H2,1H3. The summed E-state index contributed by atoms with van der Waals surface area (Å²) in [6.45, 7) is 5.36. The first-order valence-electron chi connectivity index (χ1n) is 7.53. The fourth-order valence-corrected chi connectivity index (χ4v) is 3.49. The van der Waals surface area contributed by atoms with E-state index in [1.54, 1.807) is 0 Å². The normalized spacial score (nSPS) is 25.7. The number of rotatable bonds is 3. The maximum atomic E-state index is 6.26. The van der Waals surface area contributed by atoms with Crippen molar-refractivity contribution in [1.29, 1.82) is 0 Å². The van der Waals surface area contributed by atoms with Crippen molar-refractivity contribution in [2.75, 3.05) is 26.3 Å². The third-order valence-corrected chi connectivity index (χ3v) is 4.29. The van der Waals surface area contributed by atoms with E-state index in [1.165, 1.54) is 5.56 Å². The Kier molecular flexibility index (Phi) is 4.08. The van der Waals surface area contributed by atoms with E-state index in [0.717, 1.165) is 25.9 Å². The molecule has 2 heterocycles. The number of hydrogen-bond acceptors (Lipinski definition) is 4. The first-order chi connectivity index (χ1) is 9.70. The van der Waals surface area contributed by atoms with Gasteiger partial charge in [-0.2, -0.15) is 0 Å². The Morgan fingerprint density at radius 3 is 2.55 bits per heavy atom.